The van der Waals surface area contributed by atoms with Gasteiger partial charge in [0.1, 0.15) is 0 Å². The Morgan fingerprint density at radius 2 is 2.33 bits per heavy atom. The summed E-state index contributed by atoms with van der Waals surface area (Å²) in [6.07, 6.45) is 0. The summed E-state index contributed by atoms with van der Waals surface area (Å²) in [4.78, 5) is 13.7. The van der Waals surface area contributed by atoms with Gasteiger partial charge >= 0.3 is 6.03 Å². The van der Waals surface area contributed by atoms with Crippen LogP contribution in [0.3, 0.4) is 0 Å². The minimum absolute atomic E-state index is 0.240. The Morgan fingerprint density at radius 1 is 1.61 bits per heavy atom. The van der Waals surface area contributed by atoms with Gasteiger partial charge in [-0.3, -0.25) is 9.53 Å². The highest BCUT2D eigenvalue weighted by Crippen LogP contribution is 2.21. The van der Waals surface area contributed by atoms with E-state index in [1.807, 2.05) is 13.8 Å². The van der Waals surface area contributed by atoms with Crippen molar-refractivity contribution >= 4 is 22.7 Å². The first kappa shape index (κ1) is 13.1. The highest BCUT2D eigenvalue weighted by atomic mass is 32.2. The molecule has 0 radical (unpaired) electrons. The zero-order chi connectivity index (χ0) is 13.3. The molecule has 1 atom stereocenters. The van der Waals surface area contributed by atoms with Gasteiger partial charge < -0.3 is 9.42 Å². The first-order valence-electron chi connectivity index (χ1n) is 5.76. The van der Waals surface area contributed by atoms with Gasteiger partial charge in [-0.25, -0.2) is 4.79 Å². The van der Waals surface area contributed by atoms with Gasteiger partial charge in [0.15, 0.2) is 0 Å². The molecule has 0 bridgehead atoms. The monoisotopic (exact) mass is 271 g/mol. The Balaban J connectivity index is 2.00. The lowest BCUT2D eigenvalue weighted by molar-refractivity contribution is 0.206. The molecule has 2 rings (SSSR count). The van der Waals surface area contributed by atoms with Gasteiger partial charge in [-0.05, 0) is 20.8 Å². The van der Waals surface area contributed by atoms with Crippen molar-refractivity contribution in [2.24, 2.45) is 0 Å². The Bertz CT molecular complexity index is 484. The van der Waals surface area contributed by atoms with E-state index in [0.29, 0.717) is 30.4 Å². The third kappa shape index (κ3) is 2.72. The molecule has 1 fully saturated rings. The molecule has 2 amide bonds. The van der Waals surface area contributed by atoms with Crippen molar-refractivity contribution in [3.05, 3.63) is 11.8 Å². The molecule has 1 saturated heterocycles. The maximum atomic E-state index is 12.0. The first-order valence-corrected chi connectivity index (χ1v) is 7.08. The molecule has 2 heterocycles. The number of amides is 2. The number of urea groups is 1. The summed E-state index contributed by atoms with van der Waals surface area (Å²) in [5.74, 6) is 0.845. The smallest absolute Gasteiger partial charge is 0.324 e. The quantitative estimate of drug-likeness (QED) is 0.836. The molecule has 100 valence electrons. The van der Waals surface area contributed by atoms with Crippen molar-refractivity contribution in [2.45, 2.75) is 25.5 Å². The lowest BCUT2D eigenvalue weighted by Crippen LogP contribution is -2.53. The molecule has 1 aliphatic heterocycles. The Morgan fingerprint density at radius 3 is 2.89 bits per heavy atom. The third-order valence-corrected chi connectivity index (χ3v) is 4.80. The fraction of sp³-hybridized carbons (Fsp3) is 0.636. The normalized spacial score (nSPS) is 22.8. The number of hydrogen-bond donors (Lipinski definition) is 1. The van der Waals surface area contributed by atoms with E-state index in [1.54, 1.807) is 17.9 Å². The highest BCUT2D eigenvalue weighted by molar-refractivity contribution is 7.86. The molecule has 1 aromatic heterocycles. The lowest BCUT2D eigenvalue weighted by Gasteiger charge is -2.36. The van der Waals surface area contributed by atoms with Gasteiger partial charge in [-0.15, -0.1) is 0 Å². The molecule has 6 nitrogen and oxygen atoms in total. The van der Waals surface area contributed by atoms with Crippen LogP contribution in [0.5, 0.6) is 0 Å². The summed E-state index contributed by atoms with van der Waals surface area (Å²) in [5.41, 5.74) is 0.713. The highest BCUT2D eigenvalue weighted by Gasteiger charge is 2.35. The molecule has 0 unspecified atom stereocenters. The number of carbonyl (C=O) groups excluding carboxylic acids is 1. The number of aromatic nitrogens is 1. The summed E-state index contributed by atoms with van der Waals surface area (Å²) in [7, 11) is -0.888. The van der Waals surface area contributed by atoms with Crippen LogP contribution in [0.25, 0.3) is 0 Å². The molecular weight excluding hydrogens is 254 g/mol. The van der Waals surface area contributed by atoms with Crippen LogP contribution in [-0.2, 0) is 10.8 Å². The molecule has 0 spiro atoms. The molecular formula is C11H17N3O3S. The van der Waals surface area contributed by atoms with Gasteiger partial charge in [-0.2, -0.15) is 0 Å². The van der Waals surface area contributed by atoms with E-state index in [1.165, 1.54) is 0 Å². The maximum absolute atomic E-state index is 12.0. The third-order valence-electron chi connectivity index (χ3n) is 2.88. The number of anilines is 1. The molecule has 7 heteroatoms. The minimum atomic E-state index is -0.888. The topological polar surface area (TPSA) is 75.4 Å². The number of nitrogens with zero attached hydrogens (tertiary/aromatic N) is 2. The Hall–Kier alpha value is -1.37. The van der Waals surface area contributed by atoms with E-state index in [4.69, 9.17) is 4.52 Å². The summed E-state index contributed by atoms with van der Waals surface area (Å²) in [6.45, 7) is 6.56. The van der Waals surface area contributed by atoms with Crippen LogP contribution in [-0.4, -0.2) is 43.9 Å². The van der Waals surface area contributed by atoms with E-state index < -0.39 is 10.8 Å². The van der Waals surface area contributed by atoms with Crippen LogP contribution in [0.1, 0.15) is 19.5 Å². The van der Waals surface area contributed by atoms with E-state index in [2.05, 4.69) is 10.5 Å². The second-order valence-electron chi connectivity index (χ2n) is 4.99. The second-order valence-corrected chi connectivity index (χ2v) is 7.20. The van der Waals surface area contributed by atoms with Crippen LogP contribution in [0, 0.1) is 6.92 Å². The standard InChI is InChI=1S/C11H17N3O3S/c1-8-6-9(17-13-8)12-10(15)14-4-5-18(16)11(2,3)7-14/h6H,4-5,7H2,1-3H3,(H,12,15)/t18-/m0/s1. The summed E-state index contributed by atoms with van der Waals surface area (Å²) >= 11 is 0. The molecule has 0 aromatic carbocycles. The van der Waals surface area contributed by atoms with Crippen molar-refractivity contribution in [1.29, 1.82) is 0 Å². The fourth-order valence-electron chi connectivity index (χ4n) is 1.86. The predicted molar refractivity (Wildman–Crippen MR) is 68.9 cm³/mol. The Labute approximate surface area is 108 Å². The van der Waals surface area contributed by atoms with Gasteiger partial charge in [0.25, 0.3) is 0 Å². The van der Waals surface area contributed by atoms with Gasteiger partial charge in [0, 0.05) is 35.7 Å². The second kappa shape index (κ2) is 4.72. The van der Waals surface area contributed by atoms with Gasteiger partial charge in [-0.1, -0.05) is 5.16 Å². The number of carbonyl (C=O) groups is 1. The van der Waals surface area contributed by atoms with E-state index >= 15 is 0 Å². The van der Waals surface area contributed by atoms with Gasteiger partial charge in [0.2, 0.25) is 5.88 Å². The maximum Gasteiger partial charge on any atom is 0.324 e. The number of aryl methyl sites for hydroxylation is 1. The van der Waals surface area contributed by atoms with Crippen molar-refractivity contribution in [1.82, 2.24) is 10.1 Å². The van der Waals surface area contributed by atoms with E-state index in [0.717, 1.165) is 0 Å². The molecule has 0 aliphatic carbocycles. The van der Waals surface area contributed by atoms with Crippen LogP contribution in [0.15, 0.2) is 10.6 Å². The van der Waals surface area contributed by atoms with Gasteiger partial charge in [0.05, 0.1) is 10.4 Å². The van der Waals surface area contributed by atoms with Crippen molar-refractivity contribution < 1.29 is 13.5 Å². The zero-order valence-electron chi connectivity index (χ0n) is 10.7. The average molecular weight is 271 g/mol. The van der Waals surface area contributed by atoms with E-state index in [9.17, 15) is 9.00 Å². The van der Waals surface area contributed by atoms with Crippen LogP contribution in [0.4, 0.5) is 10.7 Å². The average Bonchev–Trinajstić information content (AvgIpc) is 2.68. The predicted octanol–water partition coefficient (Wildman–Crippen LogP) is 1.36. The lowest BCUT2D eigenvalue weighted by atomic mass is 10.2. The number of rotatable bonds is 1. The number of nitrogens with one attached hydrogen (secondary N) is 1. The van der Waals surface area contributed by atoms with Crippen LogP contribution < -0.4 is 5.32 Å². The Kier molecular flexibility index (Phi) is 3.43. The zero-order valence-corrected chi connectivity index (χ0v) is 11.5. The summed E-state index contributed by atoms with van der Waals surface area (Å²) in [6, 6.07) is 1.42. The van der Waals surface area contributed by atoms with Crippen molar-refractivity contribution in [3.8, 4) is 0 Å². The number of hydrogen-bond acceptors (Lipinski definition) is 4. The fourth-order valence-corrected chi connectivity index (χ4v) is 3.10. The molecule has 1 aromatic rings. The first-order chi connectivity index (χ1) is 8.38. The SMILES string of the molecule is Cc1cc(NC(=O)N2CC[S@](=O)C(C)(C)C2)on1. The molecule has 1 N–H and O–H groups in total. The minimum Gasteiger partial charge on any atom is -0.338 e. The summed E-state index contributed by atoms with van der Waals surface area (Å²) < 4.78 is 16.3. The molecule has 1 aliphatic rings. The van der Waals surface area contributed by atoms with Crippen molar-refractivity contribution in [2.75, 3.05) is 24.2 Å². The van der Waals surface area contributed by atoms with Crippen molar-refractivity contribution in [3.63, 3.8) is 0 Å². The molecule has 0 saturated carbocycles. The largest absolute Gasteiger partial charge is 0.338 e. The van der Waals surface area contributed by atoms with Crippen LogP contribution in [0.2, 0.25) is 0 Å². The van der Waals surface area contributed by atoms with E-state index in [-0.39, 0.29) is 10.8 Å². The summed E-state index contributed by atoms with van der Waals surface area (Å²) in [5, 5.41) is 6.34. The van der Waals surface area contributed by atoms with Crippen LogP contribution >= 0.6 is 0 Å². The molecule has 18 heavy (non-hydrogen) atoms.